The van der Waals surface area contributed by atoms with Crippen LogP contribution in [0.25, 0.3) is 11.1 Å². The average molecular weight is 385 g/mol. The first-order valence-corrected chi connectivity index (χ1v) is 7.43. The van der Waals surface area contributed by atoms with Gasteiger partial charge in [-0.3, -0.25) is 0 Å². The Kier molecular flexibility index (Phi) is 5.86. The number of hydrogen-bond acceptors (Lipinski definition) is 4. The van der Waals surface area contributed by atoms with Crippen molar-refractivity contribution in [2.75, 3.05) is 7.11 Å². The Bertz CT molecular complexity index is 896. The van der Waals surface area contributed by atoms with Gasteiger partial charge in [0, 0.05) is 18.0 Å². The molecule has 2 heterocycles. The van der Waals surface area contributed by atoms with E-state index in [1.165, 1.54) is 13.3 Å². The number of ether oxygens (including phenoxy) is 1. The predicted octanol–water partition coefficient (Wildman–Crippen LogP) is 4.15. The molecule has 0 fully saturated rings. The maximum Gasteiger partial charge on any atom is 0.416 e. The minimum atomic E-state index is -4.46. The number of hydrogen-bond donors (Lipinski definition) is 0. The van der Waals surface area contributed by atoms with Gasteiger partial charge < -0.3 is 9.30 Å². The molecule has 3 aromatic rings. The quantitative estimate of drug-likeness (QED) is 0.678. The fourth-order valence-electron chi connectivity index (χ4n) is 2.44. The molecule has 0 bridgehead atoms. The molecule has 138 valence electrons. The van der Waals surface area contributed by atoms with Crippen molar-refractivity contribution >= 4 is 12.4 Å². The van der Waals surface area contributed by atoms with E-state index < -0.39 is 11.7 Å². The second kappa shape index (κ2) is 7.74. The highest BCUT2D eigenvalue weighted by molar-refractivity contribution is 5.85. The van der Waals surface area contributed by atoms with Crippen molar-refractivity contribution in [1.82, 2.24) is 19.7 Å². The molecule has 0 amide bonds. The van der Waals surface area contributed by atoms with Gasteiger partial charge in [-0.15, -0.1) is 12.4 Å². The molecule has 0 radical (unpaired) electrons. The summed E-state index contributed by atoms with van der Waals surface area (Å²) in [7, 11) is 1.33. The number of methoxy groups -OCH3 is 1. The molecule has 0 saturated heterocycles. The van der Waals surface area contributed by atoms with Crippen LogP contribution in [0.4, 0.5) is 13.2 Å². The van der Waals surface area contributed by atoms with Crippen LogP contribution in [-0.2, 0) is 12.7 Å². The molecule has 0 saturated carbocycles. The van der Waals surface area contributed by atoms with Gasteiger partial charge >= 0.3 is 6.18 Å². The van der Waals surface area contributed by atoms with Crippen molar-refractivity contribution in [3.05, 3.63) is 59.9 Å². The Balaban J connectivity index is 0.00000243. The summed E-state index contributed by atoms with van der Waals surface area (Å²) in [4.78, 5) is 4.13. The monoisotopic (exact) mass is 384 g/mol. The van der Waals surface area contributed by atoms with Crippen LogP contribution in [0.3, 0.4) is 0 Å². The maximum atomic E-state index is 13.1. The number of aromatic nitrogens is 4. The Labute approximate surface area is 154 Å². The third-order valence-electron chi connectivity index (χ3n) is 3.76. The Morgan fingerprint density at radius 3 is 2.50 bits per heavy atom. The molecule has 0 unspecified atom stereocenters. The van der Waals surface area contributed by atoms with Crippen LogP contribution in [0.15, 0.2) is 42.9 Å². The van der Waals surface area contributed by atoms with E-state index in [1.807, 2.05) is 11.5 Å². The second-order valence-corrected chi connectivity index (χ2v) is 5.49. The fourth-order valence-corrected chi connectivity index (χ4v) is 2.44. The summed E-state index contributed by atoms with van der Waals surface area (Å²) < 4.78 is 46.1. The van der Waals surface area contributed by atoms with Crippen LogP contribution in [-0.4, -0.2) is 26.9 Å². The largest absolute Gasteiger partial charge is 0.497 e. The smallest absolute Gasteiger partial charge is 0.416 e. The van der Waals surface area contributed by atoms with E-state index in [2.05, 4.69) is 15.2 Å². The van der Waals surface area contributed by atoms with Gasteiger partial charge in [-0.05, 0) is 36.8 Å². The molecule has 0 aliphatic carbocycles. The first-order valence-electron chi connectivity index (χ1n) is 7.43. The van der Waals surface area contributed by atoms with Crippen molar-refractivity contribution in [2.24, 2.45) is 0 Å². The van der Waals surface area contributed by atoms with E-state index in [0.29, 0.717) is 23.4 Å². The van der Waals surface area contributed by atoms with E-state index in [-0.39, 0.29) is 18.2 Å². The molecule has 0 aliphatic heterocycles. The standard InChI is InChI=1S/C17H15F3N4O.ClH/c1-11-21-3-4-24(11)10-15-6-13(9-22-23-15)12-5-14(17(18,19)20)8-16(7-12)25-2;/h3-9H,10H2,1-2H3;1H. The fraction of sp³-hybridized carbons (Fsp3) is 0.235. The van der Waals surface area contributed by atoms with Gasteiger partial charge in [-0.1, -0.05) is 0 Å². The molecule has 0 atom stereocenters. The first-order chi connectivity index (χ1) is 11.9. The van der Waals surface area contributed by atoms with E-state index in [0.717, 1.165) is 18.0 Å². The molecule has 0 aliphatic rings. The van der Waals surface area contributed by atoms with Crippen LogP contribution in [0.5, 0.6) is 5.75 Å². The van der Waals surface area contributed by atoms with Gasteiger partial charge in [-0.25, -0.2) is 4.98 Å². The molecular weight excluding hydrogens is 369 g/mol. The lowest BCUT2D eigenvalue weighted by atomic mass is 10.0. The van der Waals surface area contributed by atoms with Gasteiger partial charge in [-0.2, -0.15) is 23.4 Å². The van der Waals surface area contributed by atoms with Crippen LogP contribution < -0.4 is 4.74 Å². The van der Waals surface area contributed by atoms with E-state index in [1.54, 1.807) is 24.5 Å². The number of aryl methyl sites for hydroxylation is 1. The van der Waals surface area contributed by atoms with Crippen LogP contribution in [0.2, 0.25) is 0 Å². The lowest BCUT2D eigenvalue weighted by Crippen LogP contribution is -2.06. The normalized spacial score (nSPS) is 11.1. The van der Waals surface area contributed by atoms with Crippen molar-refractivity contribution in [3.63, 3.8) is 0 Å². The molecule has 2 aromatic heterocycles. The van der Waals surface area contributed by atoms with Gasteiger partial charge in [0.2, 0.25) is 0 Å². The number of alkyl halides is 3. The Morgan fingerprint density at radius 1 is 1.12 bits per heavy atom. The summed E-state index contributed by atoms with van der Waals surface area (Å²) in [5.74, 6) is 0.946. The predicted molar refractivity (Wildman–Crippen MR) is 92.3 cm³/mol. The highest BCUT2D eigenvalue weighted by Crippen LogP contribution is 2.35. The number of halogens is 4. The SMILES string of the molecule is COc1cc(-c2cnnc(Cn3ccnc3C)c2)cc(C(F)(F)F)c1.Cl. The summed E-state index contributed by atoms with van der Waals surface area (Å²) in [6.07, 6.45) is 0.445. The molecule has 26 heavy (non-hydrogen) atoms. The molecule has 9 heteroatoms. The van der Waals surface area contributed by atoms with Crippen LogP contribution in [0, 0.1) is 6.92 Å². The summed E-state index contributed by atoms with van der Waals surface area (Å²) >= 11 is 0. The van der Waals surface area contributed by atoms with Crippen molar-refractivity contribution in [3.8, 4) is 16.9 Å². The number of nitrogens with zero attached hydrogens (tertiary/aromatic N) is 4. The third-order valence-corrected chi connectivity index (χ3v) is 3.76. The van der Waals surface area contributed by atoms with Gasteiger partial charge in [0.25, 0.3) is 0 Å². The average Bonchev–Trinajstić information content (AvgIpc) is 2.99. The summed E-state index contributed by atoms with van der Waals surface area (Å²) in [6.45, 7) is 2.29. The van der Waals surface area contributed by atoms with Crippen LogP contribution >= 0.6 is 12.4 Å². The number of imidazole rings is 1. The van der Waals surface area contributed by atoms with Gasteiger partial charge in [0.05, 0.1) is 31.1 Å². The molecular formula is C17H16ClF3N4O. The summed E-state index contributed by atoms with van der Waals surface area (Å²) in [5.41, 5.74) is 0.748. The highest BCUT2D eigenvalue weighted by Gasteiger charge is 2.31. The topological polar surface area (TPSA) is 52.8 Å². The van der Waals surface area contributed by atoms with E-state index >= 15 is 0 Å². The zero-order chi connectivity index (χ0) is 18.0. The third kappa shape index (κ3) is 4.32. The second-order valence-electron chi connectivity index (χ2n) is 5.49. The maximum absolute atomic E-state index is 13.1. The Hall–Kier alpha value is -2.61. The van der Waals surface area contributed by atoms with Gasteiger partial charge in [0.1, 0.15) is 11.6 Å². The summed E-state index contributed by atoms with van der Waals surface area (Å²) in [6, 6.07) is 5.29. The van der Waals surface area contributed by atoms with Gasteiger partial charge in [0.15, 0.2) is 0 Å². The van der Waals surface area contributed by atoms with Crippen molar-refractivity contribution < 1.29 is 17.9 Å². The number of rotatable bonds is 4. The minimum Gasteiger partial charge on any atom is -0.497 e. The molecule has 1 aromatic carbocycles. The number of benzene rings is 1. The first kappa shape index (κ1) is 19.7. The molecule has 0 N–H and O–H groups in total. The zero-order valence-electron chi connectivity index (χ0n) is 14.0. The Morgan fingerprint density at radius 2 is 1.88 bits per heavy atom. The minimum absolute atomic E-state index is 0. The van der Waals surface area contributed by atoms with Crippen LogP contribution in [0.1, 0.15) is 17.1 Å². The summed E-state index contributed by atoms with van der Waals surface area (Å²) in [5, 5.41) is 7.96. The van der Waals surface area contributed by atoms with Crippen molar-refractivity contribution in [2.45, 2.75) is 19.6 Å². The molecule has 0 spiro atoms. The molecule has 5 nitrogen and oxygen atoms in total. The highest BCUT2D eigenvalue weighted by atomic mass is 35.5. The van der Waals surface area contributed by atoms with Crippen molar-refractivity contribution in [1.29, 1.82) is 0 Å². The van der Waals surface area contributed by atoms with E-state index in [4.69, 9.17) is 4.74 Å². The van der Waals surface area contributed by atoms with E-state index in [9.17, 15) is 13.2 Å². The lowest BCUT2D eigenvalue weighted by Gasteiger charge is -2.12. The lowest BCUT2D eigenvalue weighted by molar-refractivity contribution is -0.137. The molecule has 3 rings (SSSR count). The zero-order valence-corrected chi connectivity index (χ0v) is 14.8.